The van der Waals surface area contributed by atoms with Gasteiger partial charge in [-0.05, 0) is 29.6 Å². The Kier molecular flexibility index (Phi) is 4.79. The van der Waals surface area contributed by atoms with Crippen molar-refractivity contribution in [1.29, 1.82) is 0 Å². The normalized spacial score (nSPS) is 11.6. The van der Waals surface area contributed by atoms with Gasteiger partial charge in [-0.1, -0.05) is 12.1 Å². The van der Waals surface area contributed by atoms with Gasteiger partial charge < -0.3 is 0 Å². The van der Waals surface area contributed by atoms with Gasteiger partial charge in [0, 0.05) is 7.05 Å². The smallest absolute Gasteiger partial charge is 0.274 e. The molecule has 0 radical (unpaired) electrons. The molecule has 2 aromatic heterocycles. The van der Waals surface area contributed by atoms with Crippen LogP contribution in [0, 0.1) is 0 Å². The predicted octanol–water partition coefficient (Wildman–Crippen LogP) is 3.65. The van der Waals surface area contributed by atoms with Crippen LogP contribution in [0.1, 0.15) is 16.2 Å². The van der Waals surface area contributed by atoms with Crippen LogP contribution in [-0.4, -0.2) is 39.9 Å². The van der Waals surface area contributed by atoms with Crippen molar-refractivity contribution in [1.82, 2.24) is 19.8 Å². The molecular weight excluding hydrogens is 369 g/mol. The molecule has 26 heavy (non-hydrogen) atoms. The molecular formula is C16H13F3N4O2S. The lowest BCUT2D eigenvalue weighted by atomic mass is 10.2. The molecule has 3 rings (SSSR count). The van der Waals surface area contributed by atoms with Gasteiger partial charge in [-0.15, -0.1) is 16.4 Å². The minimum atomic E-state index is -4.49. The fraction of sp³-hybridized carbons (Fsp3) is 0.188. The summed E-state index contributed by atoms with van der Waals surface area (Å²) in [7, 11) is 2.69. The fourth-order valence-electron chi connectivity index (χ4n) is 2.19. The molecule has 10 heteroatoms. The molecule has 0 aliphatic carbocycles. The number of aromatic nitrogens is 3. The van der Waals surface area contributed by atoms with Crippen molar-refractivity contribution in [2.45, 2.75) is 6.18 Å². The van der Waals surface area contributed by atoms with E-state index >= 15 is 0 Å². The third-order valence-corrected chi connectivity index (χ3v) is 4.38. The van der Waals surface area contributed by atoms with E-state index in [4.69, 9.17) is 4.84 Å². The minimum absolute atomic E-state index is 0.148. The van der Waals surface area contributed by atoms with E-state index in [1.54, 1.807) is 17.5 Å². The van der Waals surface area contributed by atoms with Crippen LogP contribution >= 0.6 is 11.3 Å². The summed E-state index contributed by atoms with van der Waals surface area (Å²) < 4.78 is 40.3. The molecule has 0 fully saturated rings. The van der Waals surface area contributed by atoms with Crippen LogP contribution in [0.25, 0.3) is 16.4 Å². The Morgan fingerprint density at radius 1 is 1.27 bits per heavy atom. The number of carbonyl (C=O) groups is 1. The average molecular weight is 382 g/mol. The van der Waals surface area contributed by atoms with Gasteiger partial charge in [0.25, 0.3) is 0 Å². The van der Waals surface area contributed by atoms with E-state index in [0.29, 0.717) is 4.88 Å². The number of amides is 1. The number of hydrogen-bond acceptors (Lipinski definition) is 5. The molecule has 3 aromatic rings. The van der Waals surface area contributed by atoms with Crippen LogP contribution in [0.3, 0.4) is 0 Å². The third kappa shape index (κ3) is 3.46. The number of benzene rings is 1. The van der Waals surface area contributed by atoms with E-state index in [1.165, 1.54) is 42.3 Å². The summed E-state index contributed by atoms with van der Waals surface area (Å²) in [6, 6.07) is 8.19. The maximum atomic E-state index is 13.0. The first-order valence-electron chi connectivity index (χ1n) is 7.32. The van der Waals surface area contributed by atoms with Gasteiger partial charge in [0.2, 0.25) is 5.82 Å². The number of rotatable bonds is 4. The van der Waals surface area contributed by atoms with Gasteiger partial charge in [0.15, 0.2) is 5.82 Å². The standard InChI is InChI=1S/C16H13F3N4O2S/c1-22(25-2)15(24)13-20-14(12-7-4-8-26-12)23(21-13)11-6-3-5-10(9-11)16(17,18)19/h3-9H,1-2H3. The van der Waals surface area contributed by atoms with E-state index in [2.05, 4.69) is 10.1 Å². The Bertz CT molecular complexity index is 922. The Hall–Kier alpha value is -2.72. The lowest BCUT2D eigenvalue weighted by Gasteiger charge is -2.10. The van der Waals surface area contributed by atoms with Gasteiger partial charge in [-0.2, -0.15) is 13.2 Å². The number of nitrogens with zero attached hydrogens (tertiary/aromatic N) is 4. The zero-order valence-corrected chi connectivity index (χ0v) is 14.5. The first kappa shape index (κ1) is 18.1. The summed E-state index contributed by atoms with van der Waals surface area (Å²) in [5, 5.41) is 6.83. The highest BCUT2D eigenvalue weighted by Crippen LogP contribution is 2.32. The second-order valence-electron chi connectivity index (χ2n) is 5.18. The number of halogens is 3. The predicted molar refractivity (Wildman–Crippen MR) is 88.8 cm³/mol. The summed E-state index contributed by atoms with van der Waals surface area (Å²) >= 11 is 1.33. The van der Waals surface area contributed by atoms with Crippen molar-refractivity contribution < 1.29 is 22.8 Å². The van der Waals surface area contributed by atoms with Gasteiger partial charge in [0.1, 0.15) is 0 Å². The lowest BCUT2D eigenvalue weighted by Crippen LogP contribution is -2.26. The highest BCUT2D eigenvalue weighted by molar-refractivity contribution is 7.13. The van der Waals surface area contributed by atoms with Gasteiger partial charge >= 0.3 is 12.1 Å². The van der Waals surface area contributed by atoms with Crippen LogP contribution in [-0.2, 0) is 11.0 Å². The molecule has 0 N–H and O–H groups in total. The number of hydrogen-bond donors (Lipinski definition) is 0. The number of alkyl halides is 3. The SMILES string of the molecule is CON(C)C(=O)c1nc(-c2cccs2)n(-c2cccc(C(F)(F)F)c2)n1. The Labute approximate surface area is 150 Å². The maximum Gasteiger partial charge on any atom is 0.416 e. The molecule has 0 bridgehead atoms. The molecule has 0 unspecified atom stereocenters. The largest absolute Gasteiger partial charge is 0.416 e. The highest BCUT2D eigenvalue weighted by Gasteiger charge is 2.31. The minimum Gasteiger partial charge on any atom is -0.274 e. The van der Waals surface area contributed by atoms with Gasteiger partial charge in [0.05, 0.1) is 23.2 Å². The Balaban J connectivity index is 2.14. The van der Waals surface area contributed by atoms with Crippen molar-refractivity contribution in [2.24, 2.45) is 0 Å². The van der Waals surface area contributed by atoms with E-state index in [0.717, 1.165) is 17.2 Å². The summed E-state index contributed by atoms with van der Waals surface area (Å²) in [5.74, 6) is -0.529. The first-order chi connectivity index (χ1) is 12.3. The van der Waals surface area contributed by atoms with Crippen LogP contribution in [0.2, 0.25) is 0 Å². The van der Waals surface area contributed by atoms with Crippen molar-refractivity contribution in [2.75, 3.05) is 14.2 Å². The van der Waals surface area contributed by atoms with Crippen molar-refractivity contribution in [3.05, 3.63) is 53.2 Å². The second-order valence-corrected chi connectivity index (χ2v) is 6.13. The quantitative estimate of drug-likeness (QED) is 0.647. The lowest BCUT2D eigenvalue weighted by molar-refractivity contribution is -0.137. The third-order valence-electron chi connectivity index (χ3n) is 3.52. The summed E-state index contributed by atoms with van der Waals surface area (Å²) in [4.78, 5) is 21.9. The highest BCUT2D eigenvalue weighted by atomic mass is 32.1. The molecule has 0 spiro atoms. The Morgan fingerprint density at radius 3 is 2.65 bits per heavy atom. The number of carbonyl (C=O) groups excluding carboxylic acids is 1. The molecule has 2 heterocycles. The maximum absolute atomic E-state index is 13.0. The van der Waals surface area contributed by atoms with Crippen LogP contribution < -0.4 is 0 Å². The summed E-state index contributed by atoms with van der Waals surface area (Å²) in [5.41, 5.74) is -0.667. The number of thiophene rings is 1. The van der Waals surface area contributed by atoms with E-state index in [1.807, 2.05) is 0 Å². The van der Waals surface area contributed by atoms with Gasteiger partial charge in [-0.25, -0.2) is 14.7 Å². The monoisotopic (exact) mass is 382 g/mol. The van der Waals surface area contributed by atoms with Gasteiger partial charge in [-0.3, -0.25) is 9.63 Å². The zero-order chi connectivity index (χ0) is 18.9. The molecule has 0 saturated carbocycles. The van der Waals surface area contributed by atoms with Crippen LogP contribution in [0.15, 0.2) is 41.8 Å². The molecule has 1 amide bonds. The van der Waals surface area contributed by atoms with Crippen molar-refractivity contribution in [3.8, 4) is 16.4 Å². The Morgan fingerprint density at radius 2 is 2.04 bits per heavy atom. The molecule has 0 aliphatic rings. The molecule has 0 saturated heterocycles. The first-order valence-corrected chi connectivity index (χ1v) is 8.20. The van der Waals surface area contributed by atoms with E-state index in [-0.39, 0.29) is 17.3 Å². The summed E-state index contributed by atoms with van der Waals surface area (Å²) in [6.07, 6.45) is -4.49. The molecule has 136 valence electrons. The average Bonchev–Trinajstić information content (AvgIpc) is 3.29. The zero-order valence-electron chi connectivity index (χ0n) is 13.7. The molecule has 0 atom stereocenters. The van der Waals surface area contributed by atoms with Crippen LogP contribution in [0.4, 0.5) is 13.2 Å². The molecule has 0 aliphatic heterocycles. The second kappa shape index (κ2) is 6.89. The molecule has 6 nitrogen and oxygen atoms in total. The van der Waals surface area contributed by atoms with Crippen LogP contribution in [0.5, 0.6) is 0 Å². The van der Waals surface area contributed by atoms with Crippen molar-refractivity contribution >= 4 is 17.2 Å². The van der Waals surface area contributed by atoms with E-state index < -0.39 is 17.6 Å². The number of hydroxylamine groups is 2. The summed E-state index contributed by atoms with van der Waals surface area (Å²) in [6.45, 7) is 0. The van der Waals surface area contributed by atoms with Crippen molar-refractivity contribution in [3.63, 3.8) is 0 Å². The topological polar surface area (TPSA) is 60.2 Å². The molecule has 1 aromatic carbocycles. The van der Waals surface area contributed by atoms with E-state index in [9.17, 15) is 18.0 Å². The fourth-order valence-corrected chi connectivity index (χ4v) is 2.88.